The monoisotopic (exact) mass is 298 g/mol. The zero-order chi connectivity index (χ0) is 16.5. The Hall–Kier alpha value is -1.87. The third kappa shape index (κ3) is 3.14. The Morgan fingerprint density at radius 2 is 1.68 bits per heavy atom. The van der Waals surface area contributed by atoms with Crippen molar-refractivity contribution < 1.29 is 0 Å². The van der Waals surface area contributed by atoms with Gasteiger partial charge < -0.3 is 10.3 Å². The zero-order valence-electron chi connectivity index (χ0n) is 14.2. The first-order chi connectivity index (χ1) is 10.3. The van der Waals surface area contributed by atoms with Crippen LogP contribution in [0.4, 0.5) is 0 Å². The lowest BCUT2D eigenvalue weighted by Gasteiger charge is -2.23. The molecule has 2 N–H and O–H groups in total. The van der Waals surface area contributed by atoms with Crippen LogP contribution in [0.15, 0.2) is 41.2 Å². The average Bonchev–Trinajstić information content (AvgIpc) is 2.45. The van der Waals surface area contributed by atoms with Gasteiger partial charge in [-0.15, -0.1) is 0 Å². The van der Waals surface area contributed by atoms with E-state index in [4.69, 9.17) is 5.73 Å². The topological polar surface area (TPSA) is 48.0 Å². The first kappa shape index (κ1) is 16.5. The highest BCUT2D eigenvalue weighted by Crippen LogP contribution is 2.24. The molecular weight excluding hydrogens is 272 g/mol. The summed E-state index contributed by atoms with van der Waals surface area (Å²) in [5.41, 5.74) is 9.44. The zero-order valence-corrected chi connectivity index (χ0v) is 14.2. The molecule has 22 heavy (non-hydrogen) atoms. The summed E-state index contributed by atoms with van der Waals surface area (Å²) in [7, 11) is 0. The number of pyridine rings is 1. The summed E-state index contributed by atoms with van der Waals surface area (Å²) >= 11 is 0. The van der Waals surface area contributed by atoms with Crippen LogP contribution in [-0.4, -0.2) is 4.57 Å². The highest BCUT2D eigenvalue weighted by molar-refractivity contribution is 5.60. The van der Waals surface area contributed by atoms with Crippen molar-refractivity contribution in [2.45, 2.75) is 52.6 Å². The van der Waals surface area contributed by atoms with Crippen LogP contribution >= 0.6 is 0 Å². The maximum absolute atomic E-state index is 12.9. The van der Waals surface area contributed by atoms with Crippen molar-refractivity contribution in [2.24, 2.45) is 5.73 Å². The molecule has 118 valence electrons. The normalized spacial score (nSPS) is 12.0. The van der Waals surface area contributed by atoms with Crippen LogP contribution < -0.4 is 11.3 Å². The minimum absolute atomic E-state index is 0.000400. The van der Waals surface area contributed by atoms with Crippen LogP contribution in [-0.2, 0) is 12.0 Å². The van der Waals surface area contributed by atoms with Gasteiger partial charge in [0.2, 0.25) is 0 Å². The molecule has 1 aromatic carbocycles. The minimum Gasteiger partial charge on any atom is -0.322 e. The number of nitrogens with zero attached hydrogens (tertiary/aromatic N) is 1. The van der Waals surface area contributed by atoms with Gasteiger partial charge in [0.15, 0.2) is 0 Å². The van der Waals surface area contributed by atoms with E-state index < -0.39 is 5.54 Å². The Labute approximate surface area is 132 Å². The Bertz CT molecular complexity index is 704. The molecule has 0 fully saturated rings. The quantitative estimate of drug-likeness (QED) is 0.932. The van der Waals surface area contributed by atoms with E-state index in [-0.39, 0.29) is 11.6 Å². The lowest BCUT2D eigenvalue weighted by atomic mass is 9.95. The molecule has 1 aromatic heterocycles. The molecular formula is C19H26N2O. The molecule has 0 bridgehead atoms. The number of hydrogen-bond acceptors (Lipinski definition) is 2. The number of nitrogens with two attached hydrogens (primary N) is 1. The summed E-state index contributed by atoms with van der Waals surface area (Å²) in [5, 5.41) is 0. The molecule has 2 aromatic rings. The largest absolute Gasteiger partial charge is 0.322 e. The molecule has 0 unspecified atom stereocenters. The molecule has 0 radical (unpaired) electrons. The number of hydrogen-bond donors (Lipinski definition) is 1. The Balaban J connectivity index is 2.66. The Kier molecular flexibility index (Phi) is 4.57. The van der Waals surface area contributed by atoms with Gasteiger partial charge in [-0.1, -0.05) is 31.2 Å². The first-order valence-corrected chi connectivity index (χ1v) is 7.90. The average molecular weight is 298 g/mol. The molecule has 0 atom stereocenters. The smallest absolute Gasteiger partial charge is 0.256 e. The van der Waals surface area contributed by atoms with Crippen LogP contribution in [0.5, 0.6) is 0 Å². The van der Waals surface area contributed by atoms with Gasteiger partial charge >= 0.3 is 0 Å². The first-order valence-electron chi connectivity index (χ1n) is 7.90. The van der Waals surface area contributed by atoms with E-state index >= 15 is 0 Å². The summed E-state index contributed by atoms with van der Waals surface area (Å²) in [5.74, 6) is 0. The lowest BCUT2D eigenvalue weighted by molar-refractivity contribution is 0.517. The molecule has 3 nitrogen and oxygen atoms in total. The summed E-state index contributed by atoms with van der Waals surface area (Å²) < 4.78 is 1.84. The third-order valence-corrected chi connectivity index (χ3v) is 3.99. The number of benzene rings is 1. The molecule has 0 saturated carbocycles. The van der Waals surface area contributed by atoms with E-state index in [0.29, 0.717) is 5.56 Å². The van der Waals surface area contributed by atoms with Crippen molar-refractivity contribution in [1.29, 1.82) is 0 Å². The fourth-order valence-electron chi connectivity index (χ4n) is 2.70. The van der Waals surface area contributed by atoms with Gasteiger partial charge in [-0.2, -0.15) is 0 Å². The van der Waals surface area contributed by atoms with E-state index in [9.17, 15) is 4.79 Å². The van der Waals surface area contributed by atoms with Gasteiger partial charge in [-0.3, -0.25) is 4.79 Å². The van der Waals surface area contributed by atoms with Crippen LogP contribution in [0.3, 0.4) is 0 Å². The molecule has 3 heteroatoms. The highest BCUT2D eigenvalue weighted by Gasteiger charge is 2.22. The lowest BCUT2D eigenvalue weighted by Crippen LogP contribution is -2.38. The van der Waals surface area contributed by atoms with E-state index in [0.717, 1.165) is 17.7 Å². The van der Waals surface area contributed by atoms with Crippen LogP contribution in [0.2, 0.25) is 0 Å². The van der Waals surface area contributed by atoms with Crippen molar-refractivity contribution in [1.82, 2.24) is 4.57 Å². The molecule has 0 saturated heterocycles. The second-order valence-corrected chi connectivity index (χ2v) is 6.67. The van der Waals surface area contributed by atoms with Gasteiger partial charge in [-0.05, 0) is 57.4 Å². The number of rotatable bonds is 4. The van der Waals surface area contributed by atoms with Crippen molar-refractivity contribution >= 4 is 0 Å². The second-order valence-electron chi connectivity index (χ2n) is 6.67. The summed E-state index contributed by atoms with van der Waals surface area (Å²) in [6.45, 7) is 9.92. The summed E-state index contributed by atoms with van der Waals surface area (Å²) in [6, 6.07) is 12.3. The fourth-order valence-corrected chi connectivity index (χ4v) is 2.70. The molecule has 2 rings (SSSR count). The predicted molar refractivity (Wildman–Crippen MR) is 93.1 cm³/mol. The summed E-state index contributed by atoms with van der Waals surface area (Å²) in [6.07, 6.45) is 1.01. The molecule has 0 aliphatic carbocycles. The van der Waals surface area contributed by atoms with Gasteiger partial charge in [0, 0.05) is 17.1 Å². The number of aryl methyl sites for hydroxylation is 1. The van der Waals surface area contributed by atoms with Crippen molar-refractivity contribution in [2.75, 3.05) is 0 Å². The Morgan fingerprint density at radius 3 is 2.14 bits per heavy atom. The van der Waals surface area contributed by atoms with E-state index in [1.165, 1.54) is 5.56 Å². The fraction of sp³-hybridized carbons (Fsp3) is 0.421. The maximum atomic E-state index is 12.9. The van der Waals surface area contributed by atoms with Gasteiger partial charge in [0.25, 0.3) is 5.56 Å². The van der Waals surface area contributed by atoms with Crippen LogP contribution in [0.25, 0.3) is 11.3 Å². The van der Waals surface area contributed by atoms with Crippen LogP contribution in [0, 0.1) is 0 Å². The second kappa shape index (κ2) is 6.09. The standard InChI is InChI=1S/C19H26N2O/c1-6-14-7-9-15(10-8-14)17-12-11-16(19(4,5)20)18(22)21(17)13(2)3/h7-13H,6,20H2,1-5H3. The maximum Gasteiger partial charge on any atom is 0.256 e. The van der Waals surface area contributed by atoms with Gasteiger partial charge in [0.05, 0.1) is 5.69 Å². The molecule has 0 amide bonds. The molecule has 0 spiro atoms. The molecule has 0 aliphatic rings. The molecule has 0 aliphatic heterocycles. The third-order valence-electron chi connectivity index (χ3n) is 3.99. The van der Waals surface area contributed by atoms with Crippen molar-refractivity contribution in [3.05, 3.63) is 57.9 Å². The number of aromatic nitrogens is 1. The summed E-state index contributed by atoms with van der Waals surface area (Å²) in [4.78, 5) is 12.9. The SMILES string of the molecule is CCc1ccc(-c2ccc(C(C)(C)N)c(=O)n2C(C)C)cc1. The molecule has 1 heterocycles. The minimum atomic E-state index is -0.641. The predicted octanol–water partition coefficient (Wildman–Crippen LogP) is 3.85. The van der Waals surface area contributed by atoms with E-state index in [2.05, 4.69) is 31.2 Å². The van der Waals surface area contributed by atoms with Gasteiger partial charge in [-0.25, -0.2) is 0 Å². The van der Waals surface area contributed by atoms with Gasteiger partial charge in [0.1, 0.15) is 0 Å². The van der Waals surface area contributed by atoms with E-state index in [1.54, 1.807) is 0 Å². The van der Waals surface area contributed by atoms with Crippen LogP contribution in [0.1, 0.15) is 51.8 Å². The Morgan fingerprint density at radius 1 is 1.09 bits per heavy atom. The van der Waals surface area contributed by atoms with E-state index in [1.807, 2.05) is 44.4 Å². The van der Waals surface area contributed by atoms with Crippen molar-refractivity contribution in [3.63, 3.8) is 0 Å². The van der Waals surface area contributed by atoms with Crippen molar-refractivity contribution in [3.8, 4) is 11.3 Å². The highest BCUT2D eigenvalue weighted by atomic mass is 16.1.